The number of carbonyl (C=O) groups is 1. The van der Waals surface area contributed by atoms with Gasteiger partial charge in [0.15, 0.2) is 11.5 Å². The van der Waals surface area contributed by atoms with Gasteiger partial charge in [-0.05, 0) is 30.5 Å². The van der Waals surface area contributed by atoms with Gasteiger partial charge in [-0.15, -0.1) is 0 Å². The molecule has 1 aliphatic rings. The van der Waals surface area contributed by atoms with Crippen LogP contribution < -0.4 is 14.8 Å². The predicted molar refractivity (Wildman–Crippen MR) is 70.2 cm³/mol. The Morgan fingerprint density at radius 3 is 2.79 bits per heavy atom. The van der Waals surface area contributed by atoms with Crippen LogP contribution in [0.2, 0.25) is 0 Å². The zero-order valence-corrected chi connectivity index (χ0v) is 10.9. The molecule has 5 nitrogen and oxygen atoms in total. The van der Waals surface area contributed by atoms with E-state index in [9.17, 15) is 4.79 Å². The average Bonchev–Trinajstić information content (AvgIpc) is 2.45. The van der Waals surface area contributed by atoms with E-state index in [2.05, 4.69) is 5.32 Å². The van der Waals surface area contributed by atoms with Crippen LogP contribution in [-0.4, -0.2) is 30.8 Å². The predicted octanol–water partition coefficient (Wildman–Crippen LogP) is 1.24. The zero-order chi connectivity index (χ0) is 13.5. The molecular formula is C14H19NO4. The number of hydrogen-bond donors (Lipinski definition) is 2. The van der Waals surface area contributed by atoms with Gasteiger partial charge in [0.25, 0.3) is 0 Å². The fourth-order valence-corrected chi connectivity index (χ4v) is 1.88. The van der Waals surface area contributed by atoms with Crippen molar-refractivity contribution in [1.29, 1.82) is 0 Å². The molecule has 2 N–H and O–H groups in total. The molecule has 0 atom stereocenters. The summed E-state index contributed by atoms with van der Waals surface area (Å²) in [5.41, 5.74) is 0.986. The van der Waals surface area contributed by atoms with E-state index >= 15 is 0 Å². The molecule has 0 radical (unpaired) electrons. The lowest BCUT2D eigenvalue weighted by Crippen LogP contribution is -2.22. The van der Waals surface area contributed by atoms with E-state index in [1.54, 1.807) is 0 Å². The molecule has 0 saturated carbocycles. The first kappa shape index (κ1) is 13.7. The fraction of sp³-hybridized carbons (Fsp3) is 0.500. The standard InChI is InChI=1S/C14H19NO4/c16-6-2-1-3-14(17)15-10-11-4-5-12-13(9-11)19-8-7-18-12/h4-5,9,16H,1-3,6-8,10H2,(H,15,17). The summed E-state index contributed by atoms with van der Waals surface area (Å²) < 4.78 is 10.9. The van der Waals surface area contributed by atoms with E-state index in [1.807, 2.05) is 18.2 Å². The Hall–Kier alpha value is -1.75. The van der Waals surface area contributed by atoms with Gasteiger partial charge in [-0.1, -0.05) is 6.07 Å². The second kappa shape index (κ2) is 6.99. The van der Waals surface area contributed by atoms with Crippen molar-refractivity contribution >= 4 is 5.91 Å². The van der Waals surface area contributed by atoms with Gasteiger partial charge in [-0.2, -0.15) is 0 Å². The SMILES string of the molecule is O=C(CCCCO)NCc1ccc2c(c1)OCCO2. The summed E-state index contributed by atoms with van der Waals surface area (Å²) in [5.74, 6) is 1.49. The van der Waals surface area contributed by atoms with Crippen molar-refractivity contribution in [3.05, 3.63) is 23.8 Å². The Labute approximate surface area is 112 Å². The second-order valence-electron chi connectivity index (χ2n) is 4.44. The molecule has 0 unspecified atom stereocenters. The molecule has 1 amide bonds. The third-order valence-corrected chi connectivity index (χ3v) is 2.91. The average molecular weight is 265 g/mol. The monoisotopic (exact) mass is 265 g/mol. The van der Waals surface area contributed by atoms with Gasteiger partial charge in [-0.3, -0.25) is 4.79 Å². The highest BCUT2D eigenvalue weighted by Gasteiger charge is 2.11. The van der Waals surface area contributed by atoms with Gasteiger partial charge in [-0.25, -0.2) is 0 Å². The molecule has 1 aromatic carbocycles. The summed E-state index contributed by atoms with van der Waals surface area (Å²) in [6.07, 6.45) is 1.83. The van der Waals surface area contributed by atoms with Crippen molar-refractivity contribution in [2.45, 2.75) is 25.8 Å². The van der Waals surface area contributed by atoms with E-state index in [4.69, 9.17) is 14.6 Å². The molecule has 2 rings (SSSR count). The Kier molecular flexibility index (Phi) is 5.03. The lowest BCUT2D eigenvalue weighted by molar-refractivity contribution is -0.121. The lowest BCUT2D eigenvalue weighted by atomic mass is 10.2. The highest BCUT2D eigenvalue weighted by Crippen LogP contribution is 2.30. The Morgan fingerprint density at radius 1 is 1.21 bits per heavy atom. The topological polar surface area (TPSA) is 67.8 Å². The number of ether oxygens (including phenoxy) is 2. The van der Waals surface area contributed by atoms with Crippen LogP contribution in [-0.2, 0) is 11.3 Å². The zero-order valence-electron chi connectivity index (χ0n) is 10.9. The van der Waals surface area contributed by atoms with Crippen LogP contribution in [0.3, 0.4) is 0 Å². The fourth-order valence-electron chi connectivity index (χ4n) is 1.88. The first-order valence-electron chi connectivity index (χ1n) is 6.55. The van der Waals surface area contributed by atoms with Gasteiger partial charge in [0.05, 0.1) is 0 Å². The summed E-state index contributed by atoms with van der Waals surface area (Å²) in [5, 5.41) is 11.5. The van der Waals surface area contributed by atoms with Crippen LogP contribution >= 0.6 is 0 Å². The van der Waals surface area contributed by atoms with E-state index in [0.717, 1.165) is 17.1 Å². The largest absolute Gasteiger partial charge is 0.486 e. The highest BCUT2D eigenvalue weighted by molar-refractivity contribution is 5.75. The van der Waals surface area contributed by atoms with E-state index in [0.29, 0.717) is 39.0 Å². The molecular weight excluding hydrogens is 246 g/mol. The van der Waals surface area contributed by atoms with Gasteiger partial charge in [0.1, 0.15) is 13.2 Å². The van der Waals surface area contributed by atoms with Gasteiger partial charge in [0.2, 0.25) is 5.91 Å². The van der Waals surface area contributed by atoms with Crippen molar-refractivity contribution in [1.82, 2.24) is 5.32 Å². The van der Waals surface area contributed by atoms with Gasteiger partial charge < -0.3 is 19.9 Å². The Bertz CT molecular complexity index is 433. The van der Waals surface area contributed by atoms with Crippen molar-refractivity contribution < 1.29 is 19.4 Å². The summed E-state index contributed by atoms with van der Waals surface area (Å²) in [7, 11) is 0. The molecule has 0 saturated heterocycles. The van der Waals surface area contributed by atoms with E-state index < -0.39 is 0 Å². The molecule has 0 spiro atoms. The molecule has 19 heavy (non-hydrogen) atoms. The molecule has 1 heterocycles. The number of rotatable bonds is 6. The van der Waals surface area contributed by atoms with E-state index in [1.165, 1.54) is 0 Å². The van der Waals surface area contributed by atoms with Crippen LogP contribution in [0, 0.1) is 0 Å². The smallest absolute Gasteiger partial charge is 0.220 e. The number of aliphatic hydroxyl groups is 1. The summed E-state index contributed by atoms with van der Waals surface area (Å²) in [6.45, 7) is 1.75. The first-order valence-corrected chi connectivity index (χ1v) is 6.55. The minimum absolute atomic E-state index is 0.00309. The molecule has 1 aromatic rings. The maximum Gasteiger partial charge on any atom is 0.220 e. The first-order chi connectivity index (χ1) is 9.29. The minimum atomic E-state index is 0.00309. The van der Waals surface area contributed by atoms with Crippen LogP contribution in [0.1, 0.15) is 24.8 Å². The third-order valence-electron chi connectivity index (χ3n) is 2.91. The van der Waals surface area contributed by atoms with Crippen LogP contribution in [0.25, 0.3) is 0 Å². The molecule has 0 bridgehead atoms. The number of nitrogens with one attached hydrogen (secondary N) is 1. The minimum Gasteiger partial charge on any atom is -0.486 e. The van der Waals surface area contributed by atoms with Crippen molar-refractivity contribution in [3.63, 3.8) is 0 Å². The van der Waals surface area contributed by atoms with E-state index in [-0.39, 0.29) is 12.5 Å². The van der Waals surface area contributed by atoms with Crippen LogP contribution in [0.15, 0.2) is 18.2 Å². The van der Waals surface area contributed by atoms with Gasteiger partial charge in [0, 0.05) is 19.6 Å². The number of carbonyl (C=O) groups excluding carboxylic acids is 1. The molecule has 1 aliphatic heterocycles. The molecule has 5 heteroatoms. The maximum atomic E-state index is 11.5. The molecule has 0 aromatic heterocycles. The second-order valence-corrected chi connectivity index (χ2v) is 4.44. The molecule has 0 fully saturated rings. The normalized spacial score (nSPS) is 13.1. The highest BCUT2D eigenvalue weighted by atomic mass is 16.6. The summed E-state index contributed by atoms with van der Waals surface area (Å²) >= 11 is 0. The third kappa shape index (κ3) is 4.13. The number of benzene rings is 1. The van der Waals surface area contributed by atoms with Crippen LogP contribution in [0.5, 0.6) is 11.5 Å². The maximum absolute atomic E-state index is 11.5. The Balaban J connectivity index is 1.81. The number of unbranched alkanes of at least 4 members (excludes halogenated alkanes) is 1. The number of hydrogen-bond acceptors (Lipinski definition) is 4. The quantitative estimate of drug-likeness (QED) is 0.759. The van der Waals surface area contributed by atoms with Crippen molar-refractivity contribution in [3.8, 4) is 11.5 Å². The lowest BCUT2D eigenvalue weighted by Gasteiger charge is -2.18. The van der Waals surface area contributed by atoms with Gasteiger partial charge >= 0.3 is 0 Å². The van der Waals surface area contributed by atoms with Crippen molar-refractivity contribution in [2.75, 3.05) is 19.8 Å². The summed E-state index contributed by atoms with van der Waals surface area (Å²) in [4.78, 5) is 11.5. The number of fused-ring (bicyclic) bond motifs is 1. The number of amides is 1. The van der Waals surface area contributed by atoms with Crippen molar-refractivity contribution in [2.24, 2.45) is 0 Å². The summed E-state index contributed by atoms with van der Waals surface area (Å²) in [6, 6.07) is 5.67. The molecule has 0 aliphatic carbocycles. The molecule has 104 valence electrons. The van der Waals surface area contributed by atoms with Crippen LogP contribution in [0.4, 0.5) is 0 Å². The number of aliphatic hydroxyl groups excluding tert-OH is 1. The Morgan fingerprint density at radius 2 is 2.00 bits per heavy atom.